The van der Waals surface area contributed by atoms with E-state index < -0.39 is 0 Å². The van der Waals surface area contributed by atoms with E-state index in [1.165, 1.54) is 25.7 Å². The average molecular weight is 271 g/mol. The zero-order valence-electron chi connectivity index (χ0n) is 11.7. The lowest BCUT2D eigenvalue weighted by Crippen LogP contribution is -2.40. The monoisotopic (exact) mass is 271 g/mol. The minimum absolute atomic E-state index is 0.326. The Morgan fingerprint density at radius 1 is 1.16 bits per heavy atom. The summed E-state index contributed by atoms with van der Waals surface area (Å²) in [5.41, 5.74) is 5.73. The fourth-order valence-electron chi connectivity index (χ4n) is 2.79. The SMILES string of the molecule is NC(=NCC1(CF)CCOCC1)N1CCCCCC1. The molecule has 2 heterocycles. The standard InChI is InChI=1S/C14H26FN3O/c15-11-14(5-9-19-10-6-14)12-17-13(16)18-7-3-1-2-4-8-18/h1-12H2,(H2,16,17). The molecule has 2 saturated heterocycles. The van der Waals surface area contributed by atoms with Gasteiger partial charge in [0.15, 0.2) is 5.96 Å². The predicted octanol–water partition coefficient (Wildman–Crippen LogP) is 1.94. The Morgan fingerprint density at radius 2 is 1.79 bits per heavy atom. The van der Waals surface area contributed by atoms with Crippen molar-refractivity contribution in [2.24, 2.45) is 16.1 Å². The summed E-state index contributed by atoms with van der Waals surface area (Å²) in [5, 5.41) is 0. The molecule has 0 aromatic heterocycles. The molecule has 0 amide bonds. The van der Waals surface area contributed by atoms with Gasteiger partial charge in [-0.15, -0.1) is 0 Å². The van der Waals surface area contributed by atoms with Gasteiger partial charge in [0.1, 0.15) is 0 Å². The quantitative estimate of drug-likeness (QED) is 0.630. The first-order chi connectivity index (χ1) is 9.26. The van der Waals surface area contributed by atoms with Crippen LogP contribution in [0.25, 0.3) is 0 Å². The molecule has 2 rings (SSSR count). The Bertz CT molecular complexity index is 295. The first-order valence-electron chi connectivity index (χ1n) is 7.44. The van der Waals surface area contributed by atoms with Crippen molar-refractivity contribution in [3.05, 3.63) is 0 Å². The Morgan fingerprint density at radius 3 is 2.37 bits per heavy atom. The molecule has 19 heavy (non-hydrogen) atoms. The van der Waals surface area contributed by atoms with Gasteiger partial charge in [-0.05, 0) is 25.7 Å². The van der Waals surface area contributed by atoms with Crippen molar-refractivity contribution in [1.82, 2.24) is 4.90 Å². The molecule has 0 aromatic carbocycles. The van der Waals surface area contributed by atoms with Crippen molar-refractivity contribution >= 4 is 5.96 Å². The normalized spacial score (nSPS) is 25.1. The molecule has 0 bridgehead atoms. The van der Waals surface area contributed by atoms with Crippen molar-refractivity contribution in [1.29, 1.82) is 0 Å². The molecule has 0 spiro atoms. The van der Waals surface area contributed by atoms with E-state index in [1.807, 2.05) is 0 Å². The van der Waals surface area contributed by atoms with E-state index in [0.717, 1.165) is 25.9 Å². The highest BCUT2D eigenvalue weighted by molar-refractivity contribution is 5.78. The predicted molar refractivity (Wildman–Crippen MR) is 75.0 cm³/mol. The third-order valence-electron chi connectivity index (χ3n) is 4.34. The van der Waals surface area contributed by atoms with Crippen LogP contribution in [0.4, 0.5) is 4.39 Å². The lowest BCUT2D eigenvalue weighted by Gasteiger charge is -2.33. The number of hydrogen-bond acceptors (Lipinski definition) is 2. The number of likely N-dealkylation sites (tertiary alicyclic amines) is 1. The van der Waals surface area contributed by atoms with Gasteiger partial charge >= 0.3 is 0 Å². The number of rotatable bonds is 3. The second-order valence-corrected chi connectivity index (χ2v) is 5.82. The van der Waals surface area contributed by atoms with Crippen molar-refractivity contribution in [2.75, 3.05) is 39.5 Å². The van der Waals surface area contributed by atoms with E-state index in [-0.39, 0.29) is 12.1 Å². The highest BCUT2D eigenvalue weighted by Gasteiger charge is 2.32. The van der Waals surface area contributed by atoms with Crippen molar-refractivity contribution in [3.8, 4) is 0 Å². The fraction of sp³-hybridized carbons (Fsp3) is 0.929. The van der Waals surface area contributed by atoms with Crippen LogP contribution in [0.3, 0.4) is 0 Å². The Labute approximate surface area is 115 Å². The van der Waals surface area contributed by atoms with E-state index in [9.17, 15) is 4.39 Å². The highest BCUT2D eigenvalue weighted by Crippen LogP contribution is 2.31. The Hall–Kier alpha value is -0.840. The summed E-state index contributed by atoms with van der Waals surface area (Å²) in [6.45, 7) is 3.43. The van der Waals surface area contributed by atoms with Crippen LogP contribution in [0.15, 0.2) is 4.99 Å². The van der Waals surface area contributed by atoms with Crippen LogP contribution in [0.2, 0.25) is 0 Å². The number of aliphatic imine (C=N–C) groups is 1. The number of alkyl halides is 1. The maximum absolute atomic E-state index is 13.3. The number of hydrogen-bond donors (Lipinski definition) is 1. The largest absolute Gasteiger partial charge is 0.381 e. The molecule has 2 N–H and O–H groups in total. The van der Waals surface area contributed by atoms with Crippen LogP contribution in [0.5, 0.6) is 0 Å². The molecule has 5 heteroatoms. The van der Waals surface area contributed by atoms with Gasteiger partial charge in [-0.2, -0.15) is 0 Å². The van der Waals surface area contributed by atoms with E-state index in [1.54, 1.807) is 0 Å². The molecule has 0 aromatic rings. The average Bonchev–Trinajstić information content (AvgIpc) is 2.75. The molecule has 0 aliphatic carbocycles. The smallest absolute Gasteiger partial charge is 0.191 e. The van der Waals surface area contributed by atoms with Gasteiger partial charge < -0.3 is 15.4 Å². The topological polar surface area (TPSA) is 50.9 Å². The van der Waals surface area contributed by atoms with Crippen molar-refractivity contribution in [2.45, 2.75) is 38.5 Å². The van der Waals surface area contributed by atoms with Gasteiger partial charge in [0.05, 0.1) is 13.2 Å². The molecule has 2 fully saturated rings. The lowest BCUT2D eigenvalue weighted by molar-refractivity contribution is 0.00683. The number of ether oxygens (including phenoxy) is 1. The summed E-state index contributed by atoms with van der Waals surface area (Å²) in [7, 11) is 0. The van der Waals surface area contributed by atoms with Crippen molar-refractivity contribution in [3.63, 3.8) is 0 Å². The maximum Gasteiger partial charge on any atom is 0.191 e. The number of nitrogens with zero attached hydrogens (tertiary/aromatic N) is 2. The molecule has 110 valence electrons. The summed E-state index contributed by atoms with van der Waals surface area (Å²) in [4.78, 5) is 6.63. The zero-order valence-corrected chi connectivity index (χ0v) is 11.7. The second kappa shape index (κ2) is 7.08. The summed E-state index contributed by atoms with van der Waals surface area (Å²) in [5.74, 6) is 0.598. The van der Waals surface area contributed by atoms with Gasteiger partial charge in [0.25, 0.3) is 0 Å². The highest BCUT2D eigenvalue weighted by atomic mass is 19.1. The van der Waals surface area contributed by atoms with Crippen LogP contribution in [-0.4, -0.2) is 50.4 Å². The van der Waals surface area contributed by atoms with Crippen LogP contribution in [0, 0.1) is 5.41 Å². The summed E-state index contributed by atoms with van der Waals surface area (Å²) in [6.07, 6.45) is 6.41. The maximum atomic E-state index is 13.3. The molecular weight excluding hydrogens is 245 g/mol. The van der Waals surface area contributed by atoms with E-state index in [2.05, 4.69) is 9.89 Å². The van der Waals surface area contributed by atoms with E-state index >= 15 is 0 Å². The Kier molecular flexibility index (Phi) is 5.43. The summed E-state index contributed by atoms with van der Waals surface area (Å²) in [6, 6.07) is 0. The summed E-state index contributed by atoms with van der Waals surface area (Å²) >= 11 is 0. The second-order valence-electron chi connectivity index (χ2n) is 5.82. The molecule has 0 unspecified atom stereocenters. The van der Waals surface area contributed by atoms with Gasteiger partial charge in [-0.1, -0.05) is 12.8 Å². The van der Waals surface area contributed by atoms with Crippen LogP contribution < -0.4 is 5.73 Å². The van der Waals surface area contributed by atoms with Crippen LogP contribution in [0.1, 0.15) is 38.5 Å². The molecule has 0 saturated carbocycles. The van der Waals surface area contributed by atoms with Gasteiger partial charge in [-0.3, -0.25) is 9.38 Å². The molecule has 0 atom stereocenters. The van der Waals surface area contributed by atoms with E-state index in [0.29, 0.717) is 25.7 Å². The third kappa shape index (κ3) is 4.06. The molecular formula is C14H26FN3O. The van der Waals surface area contributed by atoms with Crippen LogP contribution in [-0.2, 0) is 4.74 Å². The van der Waals surface area contributed by atoms with Gasteiger partial charge in [0.2, 0.25) is 0 Å². The first-order valence-corrected chi connectivity index (χ1v) is 7.44. The van der Waals surface area contributed by atoms with Crippen molar-refractivity contribution < 1.29 is 9.13 Å². The van der Waals surface area contributed by atoms with Gasteiger partial charge in [-0.25, -0.2) is 0 Å². The molecule has 2 aliphatic heterocycles. The molecule has 0 radical (unpaired) electrons. The Balaban J connectivity index is 1.91. The lowest BCUT2D eigenvalue weighted by atomic mass is 9.82. The fourth-order valence-corrected chi connectivity index (χ4v) is 2.79. The minimum atomic E-state index is -0.339. The zero-order chi connectivity index (χ0) is 13.6. The van der Waals surface area contributed by atoms with Gasteiger partial charge in [0, 0.05) is 31.7 Å². The number of guanidine groups is 1. The molecule has 2 aliphatic rings. The third-order valence-corrected chi connectivity index (χ3v) is 4.34. The number of halogens is 1. The molecule has 4 nitrogen and oxygen atoms in total. The number of nitrogens with two attached hydrogens (primary N) is 1. The van der Waals surface area contributed by atoms with E-state index in [4.69, 9.17) is 10.5 Å². The minimum Gasteiger partial charge on any atom is -0.381 e. The summed E-state index contributed by atoms with van der Waals surface area (Å²) < 4.78 is 18.6. The first kappa shape index (κ1) is 14.6. The van der Waals surface area contributed by atoms with Crippen LogP contribution >= 0.6 is 0 Å².